The first-order valence-electron chi connectivity index (χ1n) is 11.5. The zero-order valence-corrected chi connectivity index (χ0v) is 18.9. The van der Waals surface area contributed by atoms with Crippen LogP contribution in [-0.2, 0) is 11.2 Å². The second-order valence-corrected chi connectivity index (χ2v) is 8.33. The number of nitrogens with zero attached hydrogens (tertiary/aromatic N) is 2. The van der Waals surface area contributed by atoms with E-state index in [0.29, 0.717) is 43.2 Å². The Bertz CT molecular complexity index is 1090. The molecule has 0 spiro atoms. The zero-order valence-electron chi connectivity index (χ0n) is 18.9. The fraction of sp³-hybridized carbons (Fsp3) is 0.346. The van der Waals surface area contributed by atoms with Gasteiger partial charge in [0.05, 0.1) is 6.61 Å². The van der Waals surface area contributed by atoms with Gasteiger partial charge in [-0.15, -0.1) is 0 Å². The van der Waals surface area contributed by atoms with Gasteiger partial charge in [-0.1, -0.05) is 42.5 Å². The smallest absolute Gasteiger partial charge is 0.267 e. The third kappa shape index (κ3) is 5.42. The summed E-state index contributed by atoms with van der Waals surface area (Å²) in [5.74, 6) is 1.20. The number of imidazole rings is 1. The summed E-state index contributed by atoms with van der Waals surface area (Å²) >= 11 is 0. The predicted molar refractivity (Wildman–Crippen MR) is 127 cm³/mol. The van der Waals surface area contributed by atoms with Crippen molar-refractivity contribution >= 4 is 11.8 Å². The van der Waals surface area contributed by atoms with Gasteiger partial charge in [-0.3, -0.25) is 9.59 Å². The van der Waals surface area contributed by atoms with Crippen LogP contribution >= 0.6 is 0 Å². The average Bonchev–Trinajstić information content (AvgIpc) is 3.30. The van der Waals surface area contributed by atoms with Crippen molar-refractivity contribution in [3.63, 3.8) is 0 Å². The van der Waals surface area contributed by atoms with E-state index in [9.17, 15) is 9.59 Å². The monoisotopic (exact) mass is 446 g/mol. The number of aryl methyl sites for hydroxylation is 1. The van der Waals surface area contributed by atoms with Gasteiger partial charge < -0.3 is 20.4 Å². The fourth-order valence-electron chi connectivity index (χ4n) is 4.32. The largest absolute Gasteiger partial charge is 0.494 e. The molecule has 1 aliphatic heterocycles. The Balaban J connectivity index is 1.42. The van der Waals surface area contributed by atoms with Gasteiger partial charge in [0.1, 0.15) is 23.0 Å². The Morgan fingerprint density at radius 1 is 1.15 bits per heavy atom. The van der Waals surface area contributed by atoms with Crippen LogP contribution in [0.4, 0.5) is 0 Å². The molecule has 172 valence electrons. The van der Waals surface area contributed by atoms with Gasteiger partial charge in [-0.2, -0.15) is 0 Å². The summed E-state index contributed by atoms with van der Waals surface area (Å²) < 4.78 is 5.48. The molecule has 33 heavy (non-hydrogen) atoms. The quantitative estimate of drug-likeness (QED) is 0.548. The van der Waals surface area contributed by atoms with Crippen molar-refractivity contribution in [2.75, 3.05) is 19.7 Å². The highest BCUT2D eigenvalue weighted by Gasteiger charge is 2.28. The van der Waals surface area contributed by atoms with Crippen molar-refractivity contribution in [3.8, 4) is 17.0 Å². The van der Waals surface area contributed by atoms with Crippen LogP contribution < -0.4 is 10.5 Å². The first-order valence-corrected chi connectivity index (χ1v) is 11.5. The topological polar surface area (TPSA) is 101 Å². The van der Waals surface area contributed by atoms with Crippen molar-refractivity contribution in [2.24, 2.45) is 5.73 Å². The lowest BCUT2D eigenvalue weighted by Crippen LogP contribution is -2.39. The summed E-state index contributed by atoms with van der Waals surface area (Å²) in [4.78, 5) is 34.7. The maximum Gasteiger partial charge on any atom is 0.267 e. The zero-order chi connectivity index (χ0) is 23.2. The van der Waals surface area contributed by atoms with Crippen molar-refractivity contribution in [1.29, 1.82) is 0 Å². The minimum atomic E-state index is -0.535. The summed E-state index contributed by atoms with van der Waals surface area (Å²) in [6.45, 7) is 3.92. The number of aromatic nitrogens is 2. The van der Waals surface area contributed by atoms with Gasteiger partial charge in [0.15, 0.2) is 0 Å². The lowest BCUT2D eigenvalue weighted by molar-refractivity contribution is -0.132. The number of hydrogen-bond acceptors (Lipinski definition) is 4. The Hall–Kier alpha value is -3.61. The molecule has 1 aromatic heterocycles. The van der Waals surface area contributed by atoms with Gasteiger partial charge in [-0.25, -0.2) is 4.98 Å². The second kappa shape index (κ2) is 10.3. The molecule has 0 radical (unpaired) electrons. The maximum atomic E-state index is 12.9. The highest BCUT2D eigenvalue weighted by molar-refractivity contribution is 5.97. The van der Waals surface area contributed by atoms with Crippen LogP contribution in [-0.4, -0.2) is 46.4 Å². The number of nitrogens with one attached hydrogen (secondary N) is 1. The van der Waals surface area contributed by atoms with Crippen LogP contribution in [0.5, 0.6) is 5.75 Å². The molecule has 0 bridgehead atoms. The first-order chi connectivity index (χ1) is 16.0. The molecule has 2 aromatic carbocycles. The third-order valence-electron chi connectivity index (χ3n) is 6.04. The molecule has 2 heterocycles. The van der Waals surface area contributed by atoms with Gasteiger partial charge in [0, 0.05) is 31.0 Å². The Labute approximate surface area is 194 Å². The molecule has 1 saturated heterocycles. The third-order valence-corrected chi connectivity index (χ3v) is 6.04. The molecule has 1 atom stereocenters. The van der Waals surface area contributed by atoms with E-state index in [1.165, 1.54) is 0 Å². The molecule has 7 heteroatoms. The molecule has 1 fully saturated rings. The lowest BCUT2D eigenvalue weighted by atomic mass is 9.96. The van der Waals surface area contributed by atoms with Crippen molar-refractivity contribution in [1.82, 2.24) is 14.9 Å². The number of ether oxygens (including phenoxy) is 1. The normalized spacial score (nSPS) is 15.9. The molecule has 2 amide bonds. The van der Waals surface area contributed by atoms with E-state index in [1.54, 1.807) is 0 Å². The van der Waals surface area contributed by atoms with Crippen LogP contribution in [0.25, 0.3) is 11.3 Å². The number of hydrogen-bond donors (Lipinski definition) is 2. The molecular weight excluding hydrogens is 416 g/mol. The molecule has 0 aliphatic carbocycles. The number of piperidine rings is 1. The minimum absolute atomic E-state index is 0.0451. The summed E-state index contributed by atoms with van der Waals surface area (Å²) in [6, 6.07) is 17.4. The van der Waals surface area contributed by atoms with E-state index in [1.807, 2.05) is 66.4 Å². The number of primary amides is 1. The molecular formula is C26H30N4O3. The molecule has 1 aliphatic rings. The average molecular weight is 447 g/mol. The standard InChI is InChI=1S/C26H30N4O3/c1-2-33-21-13-10-18(11-14-21)12-15-22(31)30-16-6-9-20(17-30)26-28-23(24(29-26)25(27)32)19-7-4-3-5-8-19/h3-5,7-8,10-11,13-14,20H,2,6,9,12,15-17H2,1H3,(H2,27,32)(H,28,29)/t20-/m1/s1. The number of carbonyl (C=O) groups is 2. The Morgan fingerprint density at radius 2 is 1.91 bits per heavy atom. The second-order valence-electron chi connectivity index (χ2n) is 8.33. The maximum absolute atomic E-state index is 12.9. The van der Waals surface area contributed by atoms with Crippen molar-refractivity contribution in [3.05, 3.63) is 71.7 Å². The van der Waals surface area contributed by atoms with E-state index >= 15 is 0 Å². The van der Waals surface area contributed by atoms with Gasteiger partial charge in [0.2, 0.25) is 5.91 Å². The summed E-state index contributed by atoms with van der Waals surface area (Å²) in [5, 5.41) is 0. The van der Waals surface area contributed by atoms with Crippen molar-refractivity contribution in [2.45, 2.75) is 38.5 Å². The van der Waals surface area contributed by atoms with Gasteiger partial charge in [-0.05, 0) is 43.9 Å². The molecule has 4 rings (SSSR count). The minimum Gasteiger partial charge on any atom is -0.494 e. The Morgan fingerprint density at radius 3 is 2.61 bits per heavy atom. The van der Waals surface area contributed by atoms with E-state index < -0.39 is 5.91 Å². The molecule has 0 saturated carbocycles. The predicted octanol–water partition coefficient (Wildman–Crippen LogP) is 3.91. The van der Waals surface area contributed by atoms with Crippen LogP contribution in [0.1, 0.15) is 54.0 Å². The first kappa shape index (κ1) is 22.6. The Kier molecular flexibility index (Phi) is 7.07. The number of benzene rings is 2. The van der Waals surface area contributed by atoms with E-state index in [-0.39, 0.29) is 11.8 Å². The number of aromatic amines is 1. The number of rotatable bonds is 8. The summed E-state index contributed by atoms with van der Waals surface area (Å²) in [7, 11) is 0. The molecule has 3 aromatic rings. The summed E-state index contributed by atoms with van der Waals surface area (Å²) in [5.41, 5.74) is 8.45. The highest BCUT2D eigenvalue weighted by atomic mass is 16.5. The summed E-state index contributed by atoms with van der Waals surface area (Å²) in [6.07, 6.45) is 2.95. The number of amides is 2. The molecule has 7 nitrogen and oxygen atoms in total. The van der Waals surface area contributed by atoms with Gasteiger partial charge >= 0.3 is 0 Å². The number of likely N-dealkylation sites (tertiary alicyclic amines) is 1. The lowest BCUT2D eigenvalue weighted by Gasteiger charge is -2.32. The highest BCUT2D eigenvalue weighted by Crippen LogP contribution is 2.29. The van der Waals surface area contributed by atoms with Gasteiger partial charge in [0.25, 0.3) is 5.91 Å². The SMILES string of the molecule is CCOc1ccc(CCC(=O)N2CCC[C@@H](c3nc(-c4ccccc4)c(C(N)=O)[nH]3)C2)cc1. The number of carbonyl (C=O) groups excluding carboxylic acids is 2. The van der Waals surface area contributed by atoms with E-state index in [2.05, 4.69) is 4.98 Å². The molecule has 3 N–H and O–H groups in total. The van der Waals surface area contributed by atoms with Crippen LogP contribution in [0, 0.1) is 0 Å². The van der Waals surface area contributed by atoms with Crippen LogP contribution in [0.2, 0.25) is 0 Å². The number of nitrogens with two attached hydrogens (primary N) is 1. The molecule has 0 unspecified atom stereocenters. The number of H-pyrrole nitrogens is 1. The fourth-order valence-corrected chi connectivity index (χ4v) is 4.32. The van der Waals surface area contributed by atoms with E-state index in [4.69, 9.17) is 15.5 Å². The van der Waals surface area contributed by atoms with E-state index in [0.717, 1.165) is 36.3 Å². The van der Waals surface area contributed by atoms with Crippen molar-refractivity contribution < 1.29 is 14.3 Å². The van der Waals surface area contributed by atoms with Crippen LogP contribution in [0.15, 0.2) is 54.6 Å². The van der Waals surface area contributed by atoms with Crippen LogP contribution in [0.3, 0.4) is 0 Å².